The number of ketones is 2. The minimum atomic E-state index is -0.121. The highest BCUT2D eigenvalue weighted by molar-refractivity contribution is 6.14. The van der Waals surface area contributed by atoms with Gasteiger partial charge in [0.1, 0.15) is 0 Å². The van der Waals surface area contributed by atoms with E-state index in [1.165, 1.54) is 24.3 Å². The lowest BCUT2D eigenvalue weighted by Gasteiger charge is -1.87. The van der Waals surface area contributed by atoms with Crippen molar-refractivity contribution in [3.8, 4) is 0 Å². The molecule has 0 radical (unpaired) electrons. The van der Waals surface area contributed by atoms with Crippen LogP contribution in [0.15, 0.2) is 24.3 Å². The molecule has 70 valence electrons. The average Bonchev–Trinajstić information content (AvgIpc) is 2.68. The minimum Gasteiger partial charge on any atom is -0.303 e. The van der Waals surface area contributed by atoms with E-state index in [9.17, 15) is 9.59 Å². The van der Waals surface area contributed by atoms with Crippen LogP contribution < -0.4 is 10.6 Å². The molecule has 1 heterocycles. The highest BCUT2D eigenvalue weighted by Crippen LogP contribution is 1.90. The summed E-state index contributed by atoms with van der Waals surface area (Å²) < 4.78 is 0. The van der Waals surface area contributed by atoms with Gasteiger partial charge in [-0.05, 0) is 24.3 Å². The summed E-state index contributed by atoms with van der Waals surface area (Å²) in [5, 5.41) is 6.22. The van der Waals surface area contributed by atoms with Gasteiger partial charge in [-0.3, -0.25) is 9.59 Å². The molecule has 0 amide bonds. The van der Waals surface area contributed by atoms with Crippen molar-refractivity contribution < 1.29 is 9.59 Å². The van der Waals surface area contributed by atoms with Crippen molar-refractivity contribution in [2.75, 3.05) is 19.8 Å². The van der Waals surface area contributed by atoms with Gasteiger partial charge in [0, 0.05) is 19.8 Å². The van der Waals surface area contributed by atoms with Crippen LogP contribution in [0.25, 0.3) is 0 Å². The van der Waals surface area contributed by atoms with Crippen molar-refractivity contribution in [2.24, 2.45) is 0 Å². The molecule has 1 aliphatic heterocycles. The Labute approximate surface area is 76.7 Å². The van der Waals surface area contributed by atoms with Gasteiger partial charge < -0.3 is 10.6 Å². The van der Waals surface area contributed by atoms with Crippen LogP contribution in [0.3, 0.4) is 0 Å². The first-order valence-electron chi connectivity index (χ1n) is 4.14. The lowest BCUT2D eigenvalue weighted by atomic mass is 10.2. The van der Waals surface area contributed by atoms with Gasteiger partial charge in [0.05, 0.1) is 0 Å². The predicted molar refractivity (Wildman–Crippen MR) is 49.2 cm³/mol. The highest BCUT2D eigenvalue weighted by Gasteiger charge is 1.97. The first-order chi connectivity index (χ1) is 6.29. The van der Waals surface area contributed by atoms with E-state index in [1.807, 2.05) is 0 Å². The summed E-state index contributed by atoms with van der Waals surface area (Å²) >= 11 is 0. The van der Waals surface area contributed by atoms with E-state index in [1.54, 1.807) is 0 Å². The second kappa shape index (κ2) is 5.40. The van der Waals surface area contributed by atoms with Crippen molar-refractivity contribution in [3.05, 3.63) is 24.3 Å². The summed E-state index contributed by atoms with van der Waals surface area (Å²) in [7, 11) is 0. The molecule has 1 aliphatic carbocycles. The predicted octanol–water partition coefficient (Wildman–Crippen LogP) is -0.613. The van der Waals surface area contributed by atoms with Crippen LogP contribution in [0.4, 0.5) is 0 Å². The van der Waals surface area contributed by atoms with Gasteiger partial charge in [0.25, 0.3) is 0 Å². The van der Waals surface area contributed by atoms with Crippen LogP contribution in [-0.4, -0.2) is 31.3 Å². The molecule has 2 aliphatic rings. The standard InChI is InChI=1S/C6H4O2.C3H8N2/c7-5-1-2-6(8)4-3-5;1-2-5-3-4-1/h1-4H;4-5H,1-3H2. The van der Waals surface area contributed by atoms with Gasteiger partial charge in [-0.25, -0.2) is 0 Å². The van der Waals surface area contributed by atoms with Gasteiger partial charge >= 0.3 is 0 Å². The fourth-order valence-corrected chi connectivity index (χ4v) is 0.882. The lowest BCUT2D eigenvalue weighted by molar-refractivity contribution is -0.113. The van der Waals surface area contributed by atoms with Crippen LogP contribution in [0.5, 0.6) is 0 Å². The van der Waals surface area contributed by atoms with E-state index in [4.69, 9.17) is 0 Å². The third kappa shape index (κ3) is 4.35. The molecule has 0 saturated carbocycles. The molecule has 0 aromatic rings. The number of allylic oxidation sites excluding steroid dienone is 4. The largest absolute Gasteiger partial charge is 0.303 e. The lowest BCUT2D eigenvalue weighted by Crippen LogP contribution is -2.11. The Morgan fingerprint density at radius 1 is 0.846 bits per heavy atom. The zero-order valence-corrected chi connectivity index (χ0v) is 7.25. The van der Waals surface area contributed by atoms with Crippen LogP contribution >= 0.6 is 0 Å². The summed E-state index contributed by atoms with van der Waals surface area (Å²) in [4.78, 5) is 20.6. The summed E-state index contributed by atoms with van der Waals surface area (Å²) in [6.07, 6.45) is 5.01. The molecular weight excluding hydrogens is 168 g/mol. The summed E-state index contributed by atoms with van der Waals surface area (Å²) in [5.74, 6) is -0.241. The van der Waals surface area contributed by atoms with Gasteiger partial charge in [-0.1, -0.05) is 0 Å². The van der Waals surface area contributed by atoms with Crippen LogP contribution in [0.1, 0.15) is 0 Å². The third-order valence-corrected chi connectivity index (χ3v) is 1.55. The number of carbonyl (C=O) groups excluding carboxylic acids is 2. The van der Waals surface area contributed by atoms with Crippen molar-refractivity contribution >= 4 is 11.6 Å². The average molecular weight is 180 g/mol. The number of rotatable bonds is 0. The smallest absolute Gasteiger partial charge is 0.178 e. The molecule has 4 heteroatoms. The van der Waals surface area contributed by atoms with Crippen LogP contribution in [-0.2, 0) is 9.59 Å². The molecule has 0 spiro atoms. The number of hydrogen-bond acceptors (Lipinski definition) is 4. The SMILES string of the molecule is C1CNCN1.O=C1C=CC(=O)C=C1. The van der Waals surface area contributed by atoms with Gasteiger partial charge in [-0.2, -0.15) is 0 Å². The van der Waals surface area contributed by atoms with Crippen molar-refractivity contribution in [2.45, 2.75) is 0 Å². The summed E-state index contributed by atoms with van der Waals surface area (Å²) in [5.41, 5.74) is 0. The highest BCUT2D eigenvalue weighted by atomic mass is 16.1. The van der Waals surface area contributed by atoms with Gasteiger partial charge in [0.15, 0.2) is 11.6 Å². The van der Waals surface area contributed by atoms with E-state index in [-0.39, 0.29) is 11.6 Å². The molecule has 1 fully saturated rings. The molecule has 0 atom stereocenters. The minimum absolute atomic E-state index is 0.121. The Balaban J connectivity index is 0.000000145. The fraction of sp³-hybridized carbons (Fsp3) is 0.333. The van der Waals surface area contributed by atoms with E-state index in [0.717, 1.165) is 19.8 Å². The second-order valence-electron chi connectivity index (χ2n) is 2.65. The maximum atomic E-state index is 10.3. The molecule has 0 unspecified atom stereocenters. The normalized spacial score (nSPS) is 20.0. The quantitative estimate of drug-likeness (QED) is 0.488. The molecule has 1 saturated heterocycles. The monoisotopic (exact) mass is 180 g/mol. The Hall–Kier alpha value is -1.26. The molecule has 4 nitrogen and oxygen atoms in total. The third-order valence-electron chi connectivity index (χ3n) is 1.55. The first-order valence-corrected chi connectivity index (χ1v) is 4.14. The maximum Gasteiger partial charge on any atom is 0.178 e. The van der Waals surface area contributed by atoms with E-state index in [0.29, 0.717) is 0 Å². The first kappa shape index (κ1) is 9.83. The van der Waals surface area contributed by atoms with Crippen molar-refractivity contribution in [1.29, 1.82) is 0 Å². The van der Waals surface area contributed by atoms with Gasteiger partial charge in [0.2, 0.25) is 0 Å². The Bertz CT molecular complexity index is 207. The molecule has 2 rings (SSSR count). The summed E-state index contributed by atoms with van der Waals surface area (Å²) in [6, 6.07) is 0. The molecule has 0 bridgehead atoms. The molecular formula is C9H12N2O2. The Morgan fingerprint density at radius 3 is 1.46 bits per heavy atom. The van der Waals surface area contributed by atoms with E-state index >= 15 is 0 Å². The second-order valence-corrected chi connectivity index (χ2v) is 2.65. The fourth-order valence-electron chi connectivity index (χ4n) is 0.882. The molecule has 13 heavy (non-hydrogen) atoms. The Morgan fingerprint density at radius 2 is 1.23 bits per heavy atom. The topological polar surface area (TPSA) is 58.2 Å². The molecule has 0 aromatic heterocycles. The molecule has 0 aromatic carbocycles. The zero-order valence-electron chi connectivity index (χ0n) is 7.25. The van der Waals surface area contributed by atoms with Crippen LogP contribution in [0, 0.1) is 0 Å². The van der Waals surface area contributed by atoms with Gasteiger partial charge in [-0.15, -0.1) is 0 Å². The summed E-state index contributed by atoms with van der Waals surface area (Å²) in [6.45, 7) is 3.28. The van der Waals surface area contributed by atoms with Crippen molar-refractivity contribution in [1.82, 2.24) is 10.6 Å². The van der Waals surface area contributed by atoms with E-state index < -0.39 is 0 Å². The van der Waals surface area contributed by atoms with Crippen LogP contribution in [0.2, 0.25) is 0 Å². The zero-order chi connectivity index (χ0) is 9.52. The maximum absolute atomic E-state index is 10.3. The number of hydrogen-bond donors (Lipinski definition) is 2. The van der Waals surface area contributed by atoms with Crippen molar-refractivity contribution in [3.63, 3.8) is 0 Å². The number of carbonyl (C=O) groups is 2. The molecule has 2 N–H and O–H groups in total. The van der Waals surface area contributed by atoms with E-state index in [2.05, 4.69) is 10.6 Å². The number of nitrogens with one attached hydrogen (secondary N) is 2. The Kier molecular flexibility index (Phi) is 4.08.